The van der Waals surface area contributed by atoms with Crippen molar-refractivity contribution < 1.29 is 24.1 Å². The highest BCUT2D eigenvalue weighted by molar-refractivity contribution is 5.44. The lowest BCUT2D eigenvalue weighted by molar-refractivity contribution is -0.0306. The van der Waals surface area contributed by atoms with Crippen LogP contribution in [-0.2, 0) is 25.4 Å². The first-order chi connectivity index (χ1) is 10.4. The van der Waals surface area contributed by atoms with Gasteiger partial charge in [0.2, 0.25) is 0 Å². The van der Waals surface area contributed by atoms with Gasteiger partial charge in [-0.25, -0.2) is 0 Å². The van der Waals surface area contributed by atoms with Crippen molar-refractivity contribution in [2.45, 2.75) is 12.5 Å². The van der Waals surface area contributed by atoms with E-state index < -0.39 is 6.10 Å². The highest BCUT2D eigenvalue weighted by Crippen LogP contribution is 2.25. The average molecular weight is 296 g/mol. The Labute approximate surface area is 125 Å². The summed E-state index contributed by atoms with van der Waals surface area (Å²) < 4.78 is 20.7. The third-order valence-electron chi connectivity index (χ3n) is 3.11. The van der Waals surface area contributed by atoms with Gasteiger partial charge in [0, 0.05) is 0 Å². The largest absolute Gasteiger partial charge is 0.388 e. The molecule has 0 amide bonds. The molecule has 1 aromatic carbocycles. The number of hydrogen-bond donors (Lipinski definition) is 1. The molecule has 1 heterocycles. The van der Waals surface area contributed by atoms with Gasteiger partial charge in [0.1, 0.15) is 6.10 Å². The second-order valence-corrected chi connectivity index (χ2v) is 4.97. The summed E-state index contributed by atoms with van der Waals surface area (Å²) >= 11 is 0. The highest BCUT2D eigenvalue weighted by Gasteiger charge is 2.12. The maximum atomic E-state index is 9.33. The monoisotopic (exact) mass is 296 g/mol. The van der Waals surface area contributed by atoms with Gasteiger partial charge in [-0.05, 0) is 17.5 Å². The van der Waals surface area contributed by atoms with Crippen molar-refractivity contribution in [1.82, 2.24) is 0 Å². The van der Waals surface area contributed by atoms with Crippen LogP contribution in [-0.4, -0.2) is 64.1 Å². The van der Waals surface area contributed by atoms with Gasteiger partial charge in [0.25, 0.3) is 0 Å². The van der Waals surface area contributed by atoms with Crippen molar-refractivity contribution in [1.29, 1.82) is 0 Å². The van der Waals surface area contributed by atoms with Gasteiger partial charge in [0.15, 0.2) is 0 Å². The summed E-state index contributed by atoms with van der Waals surface area (Å²) in [6.45, 7) is 3.81. The number of hydrogen-bond acceptors (Lipinski definition) is 5. The minimum absolute atomic E-state index is 0.296. The zero-order valence-electron chi connectivity index (χ0n) is 12.3. The van der Waals surface area contributed by atoms with Crippen molar-refractivity contribution in [2.75, 3.05) is 52.9 Å². The summed E-state index contributed by atoms with van der Waals surface area (Å²) in [7, 11) is 0. The summed E-state index contributed by atoms with van der Waals surface area (Å²) in [6, 6.07) is 8.53. The molecule has 5 heteroatoms. The minimum Gasteiger partial charge on any atom is -0.388 e. The Bertz CT molecular complexity index is 361. The number of aliphatic hydroxyl groups excluding tert-OH is 1. The summed E-state index contributed by atoms with van der Waals surface area (Å²) in [5, 5.41) is 9.33. The normalized spacial score (nSPS) is 20.8. The Morgan fingerprint density at radius 2 is 1.14 bits per heavy atom. The molecule has 21 heavy (non-hydrogen) atoms. The summed E-state index contributed by atoms with van der Waals surface area (Å²) in [5.41, 5.74) is 3.06. The summed E-state index contributed by atoms with van der Waals surface area (Å²) in [6.07, 6.45) is 0.684. The van der Waals surface area contributed by atoms with E-state index in [1.807, 2.05) is 0 Å². The third kappa shape index (κ3) is 7.55. The number of aliphatic hydroxyl groups is 1. The second kappa shape index (κ2) is 9.87. The molecule has 0 unspecified atom stereocenters. The summed E-state index contributed by atoms with van der Waals surface area (Å²) in [5.74, 6) is 0. The predicted octanol–water partition coefficient (Wildman–Crippen LogP) is 1.02. The fourth-order valence-electron chi connectivity index (χ4n) is 1.88. The fourth-order valence-corrected chi connectivity index (χ4v) is 1.88. The van der Waals surface area contributed by atoms with Crippen LogP contribution in [0.15, 0.2) is 24.3 Å². The third-order valence-corrected chi connectivity index (χ3v) is 3.11. The highest BCUT2D eigenvalue weighted by atomic mass is 16.6. The van der Waals surface area contributed by atoms with E-state index in [4.69, 9.17) is 18.9 Å². The molecule has 0 saturated carbocycles. The smallest absolute Gasteiger partial charge is 0.101 e. The molecule has 0 aromatic heterocycles. The Balaban J connectivity index is 0.000000189. The van der Waals surface area contributed by atoms with Crippen molar-refractivity contribution in [2.24, 2.45) is 0 Å². The molecular weight excluding hydrogens is 272 g/mol. The predicted molar refractivity (Wildman–Crippen MR) is 78.5 cm³/mol. The molecular formula is C16H24O5. The molecule has 1 aliphatic heterocycles. The van der Waals surface area contributed by atoms with Crippen LogP contribution in [0.25, 0.3) is 0 Å². The van der Waals surface area contributed by atoms with Crippen LogP contribution in [0.3, 0.4) is 0 Å². The van der Waals surface area contributed by atoms with Crippen molar-refractivity contribution in [3.05, 3.63) is 35.4 Å². The van der Waals surface area contributed by atoms with E-state index >= 15 is 0 Å². The molecule has 0 bridgehead atoms. The first-order valence-electron chi connectivity index (χ1n) is 7.42. The minimum atomic E-state index is -0.559. The zero-order chi connectivity index (χ0) is 14.8. The molecule has 3 rings (SSSR count). The Kier molecular flexibility index (Phi) is 7.70. The van der Waals surface area contributed by atoms with Crippen LogP contribution in [0, 0.1) is 0 Å². The van der Waals surface area contributed by atoms with Gasteiger partial charge in [-0.3, -0.25) is 0 Å². The lowest BCUT2D eigenvalue weighted by Crippen LogP contribution is -2.23. The van der Waals surface area contributed by atoms with Crippen LogP contribution in [0.5, 0.6) is 0 Å². The number of ether oxygens (including phenoxy) is 4. The van der Waals surface area contributed by atoms with E-state index in [1.54, 1.807) is 0 Å². The molecule has 1 aliphatic carbocycles. The molecule has 1 fully saturated rings. The molecule has 1 N–H and O–H groups in total. The standard InChI is InChI=1S/C9H18O5.C7H6/c10-9-7-13-5-3-11-1-2-12-4-6-14-8-9;1-2-4-7-5-6(7)3-1/h9-10H,1-8H2;1-4H,5H2. The first-order valence-corrected chi connectivity index (χ1v) is 7.42. The van der Waals surface area contributed by atoms with Gasteiger partial charge in [-0.15, -0.1) is 0 Å². The van der Waals surface area contributed by atoms with Crippen LogP contribution < -0.4 is 0 Å². The molecule has 0 radical (unpaired) electrons. The van der Waals surface area contributed by atoms with Gasteiger partial charge in [-0.1, -0.05) is 24.3 Å². The maximum absolute atomic E-state index is 9.33. The van der Waals surface area contributed by atoms with E-state index in [0.29, 0.717) is 52.9 Å². The molecule has 1 saturated heterocycles. The van der Waals surface area contributed by atoms with Crippen molar-refractivity contribution in [3.63, 3.8) is 0 Å². The topological polar surface area (TPSA) is 57.2 Å². The fraction of sp³-hybridized carbons (Fsp3) is 0.625. The van der Waals surface area contributed by atoms with Gasteiger partial charge >= 0.3 is 0 Å². The molecule has 0 spiro atoms. The van der Waals surface area contributed by atoms with Crippen molar-refractivity contribution >= 4 is 0 Å². The van der Waals surface area contributed by atoms with Gasteiger partial charge in [-0.2, -0.15) is 0 Å². The quantitative estimate of drug-likeness (QED) is 0.786. The lowest BCUT2D eigenvalue weighted by Gasteiger charge is -2.10. The average Bonchev–Trinajstić information content (AvgIpc) is 3.27. The van der Waals surface area contributed by atoms with E-state index in [1.165, 1.54) is 17.5 Å². The van der Waals surface area contributed by atoms with E-state index in [9.17, 15) is 5.11 Å². The van der Waals surface area contributed by atoms with Gasteiger partial charge < -0.3 is 24.1 Å². The molecule has 1 aromatic rings. The number of benzene rings is 1. The van der Waals surface area contributed by atoms with E-state index in [0.717, 1.165) is 0 Å². The Morgan fingerprint density at radius 1 is 0.714 bits per heavy atom. The zero-order valence-corrected chi connectivity index (χ0v) is 12.3. The Morgan fingerprint density at radius 3 is 1.57 bits per heavy atom. The van der Waals surface area contributed by atoms with Crippen LogP contribution in [0.1, 0.15) is 11.1 Å². The lowest BCUT2D eigenvalue weighted by atomic mass is 10.4. The van der Waals surface area contributed by atoms with E-state index in [-0.39, 0.29) is 0 Å². The first kappa shape index (κ1) is 16.4. The molecule has 118 valence electrons. The van der Waals surface area contributed by atoms with Crippen molar-refractivity contribution in [3.8, 4) is 0 Å². The summed E-state index contributed by atoms with van der Waals surface area (Å²) in [4.78, 5) is 0. The molecule has 0 atom stereocenters. The second-order valence-electron chi connectivity index (χ2n) is 4.97. The van der Waals surface area contributed by atoms with Crippen LogP contribution in [0.2, 0.25) is 0 Å². The number of fused-ring (bicyclic) bond motifs is 1. The van der Waals surface area contributed by atoms with Crippen LogP contribution in [0.4, 0.5) is 0 Å². The maximum Gasteiger partial charge on any atom is 0.101 e. The molecule has 5 nitrogen and oxygen atoms in total. The van der Waals surface area contributed by atoms with E-state index in [2.05, 4.69) is 24.3 Å². The SMILES string of the molecule is OC1COCCOCCOCCOC1.c1ccc2c(c1)C2. The van der Waals surface area contributed by atoms with Crippen LogP contribution >= 0.6 is 0 Å². The van der Waals surface area contributed by atoms with Gasteiger partial charge in [0.05, 0.1) is 52.9 Å². The molecule has 2 aliphatic rings. The Hall–Kier alpha value is -0.980. The number of rotatable bonds is 0.